The second kappa shape index (κ2) is 3.02. The molecule has 0 aliphatic rings. The normalized spacial score (nSPS) is 11.1. The van der Waals surface area contributed by atoms with Crippen LogP contribution in [0.1, 0.15) is 0 Å². The first-order chi connectivity index (χ1) is 5.49. The third kappa shape index (κ3) is 2.43. The predicted molar refractivity (Wildman–Crippen MR) is 48.2 cm³/mol. The summed E-state index contributed by atoms with van der Waals surface area (Å²) in [6.45, 7) is 0. The molecule has 3 N–H and O–H groups in total. The Morgan fingerprint density at radius 3 is 2.75 bits per heavy atom. The first-order valence-corrected chi connectivity index (χ1v) is 5.11. The van der Waals surface area contributed by atoms with Crippen molar-refractivity contribution in [3.05, 3.63) is 24.3 Å². The van der Waals surface area contributed by atoms with Crippen molar-refractivity contribution in [2.24, 2.45) is 0 Å². The van der Waals surface area contributed by atoms with Crippen LogP contribution in [-0.2, 0) is 10.0 Å². The molecule has 0 aliphatic carbocycles. The van der Waals surface area contributed by atoms with Gasteiger partial charge in [-0.3, -0.25) is 4.72 Å². The molecule has 4 nitrogen and oxygen atoms in total. The van der Waals surface area contributed by atoms with Gasteiger partial charge in [0.1, 0.15) is 0 Å². The zero-order valence-corrected chi connectivity index (χ0v) is 7.35. The van der Waals surface area contributed by atoms with Gasteiger partial charge in [-0.1, -0.05) is 6.07 Å². The van der Waals surface area contributed by atoms with E-state index in [2.05, 4.69) is 10.8 Å². The van der Waals surface area contributed by atoms with Gasteiger partial charge in [-0.05, 0) is 18.2 Å². The minimum absolute atomic E-state index is 0.361. The fourth-order valence-electron chi connectivity index (χ4n) is 0.731. The van der Waals surface area contributed by atoms with Crippen LogP contribution in [0, 0.1) is 6.07 Å². The summed E-state index contributed by atoms with van der Waals surface area (Å²) in [5.74, 6) is 0. The van der Waals surface area contributed by atoms with E-state index in [0.29, 0.717) is 11.4 Å². The van der Waals surface area contributed by atoms with Crippen molar-refractivity contribution in [2.45, 2.75) is 0 Å². The monoisotopic (exact) mass is 185 g/mol. The molecule has 1 aromatic carbocycles. The van der Waals surface area contributed by atoms with Crippen LogP contribution in [0.4, 0.5) is 11.4 Å². The summed E-state index contributed by atoms with van der Waals surface area (Å²) >= 11 is 0. The third-order valence-corrected chi connectivity index (χ3v) is 1.78. The van der Waals surface area contributed by atoms with E-state index < -0.39 is 10.0 Å². The molecule has 0 atom stereocenters. The van der Waals surface area contributed by atoms with Crippen LogP contribution in [0.25, 0.3) is 0 Å². The van der Waals surface area contributed by atoms with Gasteiger partial charge >= 0.3 is 0 Å². The summed E-state index contributed by atoms with van der Waals surface area (Å²) < 4.78 is 23.8. The van der Waals surface area contributed by atoms with Gasteiger partial charge in [-0.2, -0.15) is 0 Å². The quantitative estimate of drug-likeness (QED) is 0.657. The molecular formula is C7H9N2O2S. The fourth-order valence-corrected chi connectivity index (χ4v) is 1.31. The number of nitrogens with one attached hydrogen (secondary N) is 1. The lowest BCUT2D eigenvalue weighted by atomic mass is 10.3. The van der Waals surface area contributed by atoms with Gasteiger partial charge in [-0.15, -0.1) is 0 Å². The van der Waals surface area contributed by atoms with E-state index >= 15 is 0 Å². The molecule has 5 heteroatoms. The summed E-state index contributed by atoms with van der Waals surface area (Å²) in [5.41, 5.74) is 6.23. The molecule has 0 unspecified atom stereocenters. The summed E-state index contributed by atoms with van der Waals surface area (Å²) in [7, 11) is -3.25. The number of anilines is 2. The summed E-state index contributed by atoms with van der Waals surface area (Å²) in [5, 5.41) is 0. The number of benzene rings is 1. The Morgan fingerprint density at radius 1 is 1.58 bits per heavy atom. The maximum absolute atomic E-state index is 10.8. The van der Waals surface area contributed by atoms with Gasteiger partial charge in [0.2, 0.25) is 10.0 Å². The molecule has 1 radical (unpaired) electrons. The van der Waals surface area contributed by atoms with Crippen molar-refractivity contribution in [1.82, 2.24) is 0 Å². The van der Waals surface area contributed by atoms with E-state index in [1.807, 2.05) is 0 Å². The van der Waals surface area contributed by atoms with Gasteiger partial charge in [0.25, 0.3) is 0 Å². The van der Waals surface area contributed by atoms with Crippen molar-refractivity contribution in [3.8, 4) is 0 Å². The summed E-state index contributed by atoms with van der Waals surface area (Å²) in [6.07, 6.45) is 1.07. The number of nitrogen functional groups attached to an aromatic ring is 1. The van der Waals surface area contributed by atoms with Crippen LogP contribution in [0.3, 0.4) is 0 Å². The van der Waals surface area contributed by atoms with Gasteiger partial charge in [0.05, 0.1) is 17.6 Å². The van der Waals surface area contributed by atoms with Crippen LogP contribution in [0.15, 0.2) is 18.2 Å². The Balaban J connectivity index is 2.98. The van der Waals surface area contributed by atoms with Gasteiger partial charge in [0.15, 0.2) is 0 Å². The molecule has 0 saturated heterocycles. The highest BCUT2D eigenvalue weighted by atomic mass is 32.2. The Hall–Kier alpha value is -1.23. The lowest BCUT2D eigenvalue weighted by Crippen LogP contribution is -2.10. The number of hydrogen-bond acceptors (Lipinski definition) is 3. The Bertz CT molecular complexity index is 373. The maximum atomic E-state index is 10.8. The number of hydrogen-bond donors (Lipinski definition) is 2. The highest BCUT2D eigenvalue weighted by Crippen LogP contribution is 2.16. The first-order valence-electron chi connectivity index (χ1n) is 3.22. The smallest absolute Gasteiger partial charge is 0.229 e. The molecule has 65 valence electrons. The second-order valence-electron chi connectivity index (χ2n) is 2.39. The Labute approximate surface area is 71.4 Å². The zero-order valence-electron chi connectivity index (χ0n) is 6.53. The molecule has 0 saturated carbocycles. The SMILES string of the molecule is CS(=O)(=O)Nc1c[c]ccc1N. The van der Waals surface area contributed by atoms with E-state index in [9.17, 15) is 8.42 Å². The van der Waals surface area contributed by atoms with Crippen LogP contribution in [-0.4, -0.2) is 14.7 Å². The maximum Gasteiger partial charge on any atom is 0.229 e. The summed E-state index contributed by atoms with van der Waals surface area (Å²) in [4.78, 5) is 0. The van der Waals surface area contributed by atoms with Crippen LogP contribution in [0.5, 0.6) is 0 Å². The average Bonchev–Trinajstić information content (AvgIpc) is 1.91. The van der Waals surface area contributed by atoms with Crippen molar-refractivity contribution in [2.75, 3.05) is 16.7 Å². The number of rotatable bonds is 2. The Kier molecular flexibility index (Phi) is 2.23. The van der Waals surface area contributed by atoms with Crippen molar-refractivity contribution in [3.63, 3.8) is 0 Å². The minimum Gasteiger partial charge on any atom is -0.397 e. The number of nitrogens with two attached hydrogens (primary N) is 1. The van der Waals surface area contributed by atoms with Crippen LogP contribution >= 0.6 is 0 Å². The molecule has 0 bridgehead atoms. The number of sulfonamides is 1. The van der Waals surface area contributed by atoms with Crippen molar-refractivity contribution >= 4 is 21.4 Å². The fraction of sp³-hybridized carbons (Fsp3) is 0.143. The molecule has 12 heavy (non-hydrogen) atoms. The molecule has 0 heterocycles. The molecule has 1 aromatic rings. The van der Waals surface area contributed by atoms with Gasteiger partial charge < -0.3 is 5.73 Å². The van der Waals surface area contributed by atoms with Gasteiger partial charge in [-0.25, -0.2) is 8.42 Å². The molecule has 0 aromatic heterocycles. The molecule has 0 spiro atoms. The molecule has 0 aliphatic heterocycles. The molecule has 0 amide bonds. The highest BCUT2D eigenvalue weighted by molar-refractivity contribution is 7.92. The molecular weight excluding hydrogens is 176 g/mol. The lowest BCUT2D eigenvalue weighted by Gasteiger charge is -2.05. The van der Waals surface area contributed by atoms with Gasteiger partial charge in [0, 0.05) is 0 Å². The van der Waals surface area contributed by atoms with E-state index in [-0.39, 0.29) is 0 Å². The average molecular weight is 185 g/mol. The third-order valence-electron chi connectivity index (χ3n) is 1.19. The van der Waals surface area contributed by atoms with Crippen molar-refractivity contribution in [1.29, 1.82) is 0 Å². The zero-order chi connectivity index (χ0) is 9.19. The van der Waals surface area contributed by atoms with Crippen molar-refractivity contribution < 1.29 is 8.42 Å². The van der Waals surface area contributed by atoms with E-state index in [1.165, 1.54) is 6.07 Å². The molecule has 1 rings (SSSR count). The van der Waals surface area contributed by atoms with E-state index in [4.69, 9.17) is 5.73 Å². The van der Waals surface area contributed by atoms with E-state index in [0.717, 1.165) is 6.26 Å². The highest BCUT2D eigenvalue weighted by Gasteiger charge is 2.03. The summed E-state index contributed by atoms with van der Waals surface area (Å²) in [6, 6.07) is 7.39. The standard InChI is InChI=1S/C7H9N2O2S/c1-12(10,11)9-7-5-3-2-4-6(7)8/h2,4-5,9H,8H2,1H3. The Morgan fingerprint density at radius 2 is 2.25 bits per heavy atom. The van der Waals surface area contributed by atoms with E-state index in [1.54, 1.807) is 12.1 Å². The predicted octanol–water partition coefficient (Wildman–Crippen LogP) is 0.440. The largest absolute Gasteiger partial charge is 0.397 e. The topological polar surface area (TPSA) is 72.2 Å². The first kappa shape index (κ1) is 8.86. The second-order valence-corrected chi connectivity index (χ2v) is 4.14. The molecule has 0 fully saturated rings. The lowest BCUT2D eigenvalue weighted by molar-refractivity contribution is 0.607. The van der Waals surface area contributed by atoms with Crippen LogP contribution in [0.2, 0.25) is 0 Å². The minimum atomic E-state index is -3.25. The van der Waals surface area contributed by atoms with Crippen LogP contribution < -0.4 is 10.5 Å².